The molecule has 0 radical (unpaired) electrons. The van der Waals surface area contributed by atoms with Gasteiger partial charge in [-0.25, -0.2) is 0 Å². The molecule has 4 N–H and O–H groups in total. The third-order valence-electron chi connectivity index (χ3n) is 8.19. The zero-order valence-corrected chi connectivity index (χ0v) is 28.3. The van der Waals surface area contributed by atoms with E-state index < -0.39 is 24.2 Å². The van der Waals surface area contributed by atoms with E-state index in [0.29, 0.717) is 6.42 Å². The average Bonchev–Trinajstić information content (AvgIpc) is 3.01. The Balaban J connectivity index is 3.74. The highest BCUT2D eigenvalue weighted by atomic mass is 16.3. The minimum absolute atomic E-state index is 0.380. The van der Waals surface area contributed by atoms with Crippen molar-refractivity contribution < 1.29 is 20.1 Å². The molecule has 0 heterocycles. The Hall–Kier alpha value is -1.43. The number of aliphatic hydroxyl groups excluding tert-OH is 3. The minimum Gasteiger partial charge on any atom is -0.394 e. The normalized spacial score (nSPS) is 14.3. The molecule has 0 rings (SSSR count). The number of amides is 1. The first-order chi connectivity index (χ1) is 21.1. The number of hydrogen-bond donors (Lipinski definition) is 4. The minimum atomic E-state index is -1.10. The maximum Gasteiger partial charge on any atom is 0.249 e. The molecule has 0 aromatic carbocycles. The molecule has 0 aromatic rings. The number of rotatable bonds is 32. The number of carbonyl (C=O) groups excluding carboxylic acids is 1. The maximum atomic E-state index is 12.4. The summed E-state index contributed by atoms with van der Waals surface area (Å²) in [6.07, 6.45) is 40.2. The molecule has 0 aliphatic carbocycles. The first kappa shape index (κ1) is 41.6. The van der Waals surface area contributed by atoms with Crippen molar-refractivity contribution in [3.63, 3.8) is 0 Å². The van der Waals surface area contributed by atoms with Crippen LogP contribution >= 0.6 is 0 Å². The number of aliphatic hydroxyl groups is 3. The van der Waals surface area contributed by atoms with Crippen molar-refractivity contribution in [2.24, 2.45) is 0 Å². The topological polar surface area (TPSA) is 89.8 Å². The molecule has 43 heavy (non-hydrogen) atoms. The summed E-state index contributed by atoms with van der Waals surface area (Å²) in [5, 5.41) is 32.8. The number of allylic oxidation sites excluding steroid dienone is 5. The van der Waals surface area contributed by atoms with Gasteiger partial charge in [-0.05, 0) is 38.5 Å². The molecule has 0 aromatic heterocycles. The molecule has 0 saturated heterocycles. The van der Waals surface area contributed by atoms with E-state index in [1.54, 1.807) is 6.08 Å². The predicted molar refractivity (Wildman–Crippen MR) is 185 cm³/mol. The summed E-state index contributed by atoms with van der Waals surface area (Å²) in [5.41, 5.74) is 0. The summed E-state index contributed by atoms with van der Waals surface area (Å²) in [4.78, 5) is 12.4. The van der Waals surface area contributed by atoms with Crippen LogP contribution in [-0.4, -0.2) is 46.1 Å². The van der Waals surface area contributed by atoms with Gasteiger partial charge in [0.1, 0.15) is 6.10 Å². The van der Waals surface area contributed by atoms with Gasteiger partial charge in [-0.3, -0.25) is 4.79 Å². The Morgan fingerprint density at radius 1 is 0.558 bits per heavy atom. The van der Waals surface area contributed by atoms with Crippen LogP contribution in [0.15, 0.2) is 36.5 Å². The van der Waals surface area contributed by atoms with Crippen molar-refractivity contribution in [2.75, 3.05) is 6.61 Å². The van der Waals surface area contributed by atoms with Gasteiger partial charge < -0.3 is 20.6 Å². The number of unbranched alkanes of at least 4 members (excludes halogenated alkanes) is 20. The fraction of sp³-hybridized carbons (Fsp3) is 0.816. The Bertz CT molecular complexity index is 675. The van der Waals surface area contributed by atoms with Crippen molar-refractivity contribution in [3.05, 3.63) is 36.5 Å². The van der Waals surface area contributed by atoms with Crippen LogP contribution in [0.25, 0.3) is 0 Å². The van der Waals surface area contributed by atoms with Crippen molar-refractivity contribution in [2.45, 2.75) is 193 Å². The fourth-order valence-electron chi connectivity index (χ4n) is 5.28. The molecule has 0 aliphatic rings. The molecule has 0 fully saturated rings. The quantitative estimate of drug-likeness (QED) is 0.0454. The number of carbonyl (C=O) groups is 1. The van der Waals surface area contributed by atoms with E-state index in [0.717, 1.165) is 51.4 Å². The Morgan fingerprint density at radius 3 is 1.37 bits per heavy atom. The second-order valence-corrected chi connectivity index (χ2v) is 12.4. The lowest BCUT2D eigenvalue weighted by molar-refractivity contribution is -0.131. The summed E-state index contributed by atoms with van der Waals surface area (Å²) in [6, 6.07) is -0.816. The van der Waals surface area contributed by atoms with E-state index >= 15 is 0 Å². The van der Waals surface area contributed by atoms with Gasteiger partial charge in [-0.1, -0.05) is 172 Å². The third kappa shape index (κ3) is 29.1. The molecule has 1 amide bonds. The van der Waals surface area contributed by atoms with Crippen molar-refractivity contribution >= 4 is 5.91 Å². The van der Waals surface area contributed by atoms with Gasteiger partial charge in [0, 0.05) is 0 Å². The average molecular weight is 606 g/mol. The summed E-state index contributed by atoms with van der Waals surface area (Å²) >= 11 is 0. The van der Waals surface area contributed by atoms with Crippen molar-refractivity contribution in [1.82, 2.24) is 5.32 Å². The highest BCUT2D eigenvalue weighted by Crippen LogP contribution is 2.15. The van der Waals surface area contributed by atoms with Crippen LogP contribution in [0.5, 0.6) is 0 Å². The standard InChI is InChI=1S/C38H71NO4/c1-3-5-7-9-11-13-15-16-17-18-19-20-21-23-25-27-29-31-33-37(42)38(43)39-35(34-40)36(41)32-30-28-26-24-22-14-12-10-8-6-4-2/h8,10,22,24,30,32,35-37,40-42H,3-7,9,11-21,23,25-29,31,33-34H2,1-2H3,(H,39,43)/b10-8+,24-22+,32-30+. The maximum absolute atomic E-state index is 12.4. The molecule has 5 nitrogen and oxygen atoms in total. The van der Waals surface area contributed by atoms with E-state index in [2.05, 4.69) is 43.5 Å². The van der Waals surface area contributed by atoms with Gasteiger partial charge in [-0.15, -0.1) is 0 Å². The van der Waals surface area contributed by atoms with Crippen LogP contribution < -0.4 is 5.32 Å². The highest BCUT2D eigenvalue weighted by Gasteiger charge is 2.22. The zero-order chi connectivity index (χ0) is 31.6. The van der Waals surface area contributed by atoms with Gasteiger partial charge in [0.2, 0.25) is 5.91 Å². The molecule has 0 bridgehead atoms. The molecule has 0 aliphatic heterocycles. The molecule has 5 heteroatoms. The second kappa shape index (κ2) is 33.5. The first-order valence-corrected chi connectivity index (χ1v) is 18.3. The van der Waals surface area contributed by atoms with E-state index in [-0.39, 0.29) is 6.61 Å². The van der Waals surface area contributed by atoms with Gasteiger partial charge in [0.15, 0.2) is 0 Å². The third-order valence-corrected chi connectivity index (χ3v) is 8.19. The van der Waals surface area contributed by atoms with E-state index in [1.807, 2.05) is 6.08 Å². The second-order valence-electron chi connectivity index (χ2n) is 12.4. The molecule has 3 unspecified atom stereocenters. The number of nitrogens with one attached hydrogen (secondary N) is 1. The summed E-state index contributed by atoms with van der Waals surface area (Å²) in [7, 11) is 0. The monoisotopic (exact) mass is 606 g/mol. The lowest BCUT2D eigenvalue weighted by atomic mass is 10.0. The van der Waals surface area contributed by atoms with Crippen molar-refractivity contribution in [1.29, 1.82) is 0 Å². The van der Waals surface area contributed by atoms with E-state index in [9.17, 15) is 20.1 Å². The van der Waals surface area contributed by atoms with Crippen LogP contribution in [0.4, 0.5) is 0 Å². The lowest BCUT2D eigenvalue weighted by Crippen LogP contribution is -2.48. The first-order valence-electron chi connectivity index (χ1n) is 18.3. The zero-order valence-electron chi connectivity index (χ0n) is 28.3. The molecule has 0 saturated carbocycles. The van der Waals surface area contributed by atoms with Gasteiger partial charge in [0.25, 0.3) is 0 Å². The van der Waals surface area contributed by atoms with Crippen LogP contribution in [0.1, 0.15) is 174 Å². The number of hydrogen-bond acceptors (Lipinski definition) is 4. The predicted octanol–water partition coefficient (Wildman–Crippen LogP) is 9.65. The largest absolute Gasteiger partial charge is 0.394 e. The Kier molecular flexibility index (Phi) is 32.3. The molecular formula is C38H71NO4. The van der Waals surface area contributed by atoms with E-state index in [4.69, 9.17) is 0 Å². The fourth-order valence-corrected chi connectivity index (χ4v) is 5.28. The van der Waals surface area contributed by atoms with Crippen LogP contribution in [-0.2, 0) is 4.79 Å². The van der Waals surface area contributed by atoms with Gasteiger partial charge >= 0.3 is 0 Å². The summed E-state index contributed by atoms with van der Waals surface area (Å²) < 4.78 is 0. The van der Waals surface area contributed by atoms with Crippen LogP contribution in [0.3, 0.4) is 0 Å². The molecule has 3 atom stereocenters. The van der Waals surface area contributed by atoms with Crippen LogP contribution in [0.2, 0.25) is 0 Å². The summed E-state index contributed by atoms with van der Waals surface area (Å²) in [6.45, 7) is 4.07. The molecule has 0 spiro atoms. The molecule has 252 valence electrons. The van der Waals surface area contributed by atoms with Gasteiger partial charge in [-0.2, -0.15) is 0 Å². The SMILES string of the molecule is CCC/C=C/CC/C=C/CC/C=C/C(O)C(CO)NC(=O)C(O)CCCCCCCCCCCCCCCCCCCC. The smallest absolute Gasteiger partial charge is 0.249 e. The molecular weight excluding hydrogens is 534 g/mol. The Labute approximate surface area is 266 Å². The van der Waals surface area contributed by atoms with Crippen molar-refractivity contribution in [3.8, 4) is 0 Å². The summed E-state index contributed by atoms with van der Waals surface area (Å²) in [5.74, 6) is -0.519. The Morgan fingerprint density at radius 2 is 0.953 bits per heavy atom. The highest BCUT2D eigenvalue weighted by molar-refractivity contribution is 5.80. The lowest BCUT2D eigenvalue weighted by Gasteiger charge is -2.21. The van der Waals surface area contributed by atoms with Gasteiger partial charge in [0.05, 0.1) is 18.8 Å². The van der Waals surface area contributed by atoms with Crippen LogP contribution in [0, 0.1) is 0 Å². The van der Waals surface area contributed by atoms with E-state index in [1.165, 1.54) is 103 Å².